The predicted molar refractivity (Wildman–Crippen MR) is 57.8 cm³/mol. The zero-order chi connectivity index (χ0) is 9.07. The second-order valence-electron chi connectivity index (χ2n) is 3.83. The van der Waals surface area contributed by atoms with Gasteiger partial charge in [0.05, 0.1) is 0 Å². The number of unbranched alkanes of at least 4 members (excludes halogenated alkanes) is 8. The summed E-state index contributed by atoms with van der Waals surface area (Å²) in [6.45, 7) is 2.28. The maximum atomic E-state index is 2.28. The van der Waals surface area contributed by atoms with Gasteiger partial charge in [0.1, 0.15) is 0 Å². The molecule has 0 aromatic heterocycles. The molecule has 0 rings (SSSR count). The van der Waals surface area contributed by atoms with Crippen LogP contribution >= 0.6 is 0 Å². The van der Waals surface area contributed by atoms with Gasteiger partial charge in [0.25, 0.3) is 0 Å². The standard InChI is InChI=1S/C11H23.Rb/c1-3-5-7-9-11-10-8-6-4-2;/h1,3-11H2,2H3;. The van der Waals surface area contributed by atoms with Crippen molar-refractivity contribution in [2.75, 3.05) is 0 Å². The van der Waals surface area contributed by atoms with Gasteiger partial charge in [0.15, 0.2) is 0 Å². The van der Waals surface area contributed by atoms with Gasteiger partial charge >= 0.3 is 120 Å². The molecule has 0 aromatic carbocycles. The Labute approximate surface area is 118 Å². The first-order chi connectivity index (χ1) is 5.91. The molecule has 0 saturated heterocycles. The van der Waals surface area contributed by atoms with E-state index < -0.39 is 0 Å². The molecule has 0 radical (unpaired) electrons. The zero-order valence-corrected chi connectivity index (χ0v) is 14.0. The van der Waals surface area contributed by atoms with Gasteiger partial charge in [-0.25, -0.2) is 0 Å². The van der Waals surface area contributed by atoms with Crippen molar-refractivity contribution in [1.82, 2.24) is 0 Å². The fourth-order valence-corrected chi connectivity index (χ4v) is 2.79. The molecule has 0 atom stereocenters. The minimum absolute atomic E-state index is 0.964. The minimum atomic E-state index is 0.964. The molecular weight excluding hydrogens is 218 g/mol. The first kappa shape index (κ1) is 13.8. The van der Waals surface area contributed by atoms with Crippen LogP contribution in [0.1, 0.15) is 64.7 Å². The molecule has 0 aliphatic heterocycles. The number of hydrogen-bond acceptors (Lipinski definition) is 0. The third-order valence-electron chi connectivity index (χ3n) is 2.46. The Hall–Kier alpha value is 1.81. The molecule has 0 unspecified atom stereocenters. The summed E-state index contributed by atoms with van der Waals surface area (Å²) in [6, 6.07) is 0. The molecule has 12 heavy (non-hydrogen) atoms. The first-order valence-electron chi connectivity index (χ1n) is 5.91. The fraction of sp³-hybridized carbons (Fsp3) is 1.00. The van der Waals surface area contributed by atoms with Crippen LogP contribution in [-0.4, -0.2) is 55.5 Å². The Bertz CT molecular complexity index is 61.4. The van der Waals surface area contributed by atoms with Crippen molar-refractivity contribution in [3.63, 3.8) is 0 Å². The zero-order valence-electron chi connectivity index (χ0n) is 9.07. The van der Waals surface area contributed by atoms with Crippen LogP contribution in [0.5, 0.6) is 0 Å². The van der Waals surface area contributed by atoms with Crippen LogP contribution in [0, 0.1) is 0 Å². The van der Waals surface area contributed by atoms with E-state index in [1.807, 2.05) is 0 Å². The number of hydrogen-bond donors (Lipinski definition) is 0. The normalized spacial score (nSPS) is 10.6. The molecule has 0 heterocycles. The van der Waals surface area contributed by atoms with Crippen molar-refractivity contribution in [3.8, 4) is 0 Å². The van der Waals surface area contributed by atoms with Gasteiger partial charge in [0.2, 0.25) is 0 Å². The van der Waals surface area contributed by atoms with Gasteiger partial charge in [-0.05, 0) is 0 Å². The van der Waals surface area contributed by atoms with E-state index in [4.69, 9.17) is 0 Å². The monoisotopic (exact) mass is 240 g/mol. The summed E-state index contributed by atoms with van der Waals surface area (Å²) in [5.41, 5.74) is 0. The van der Waals surface area contributed by atoms with Crippen LogP contribution in [0.2, 0.25) is -0.511 Å². The summed E-state index contributed by atoms with van der Waals surface area (Å²) in [5, 5.41) is 0. The molecule has 0 nitrogen and oxygen atoms in total. The van der Waals surface area contributed by atoms with E-state index in [0.29, 0.717) is 0 Å². The first-order valence-corrected chi connectivity index (χ1v) is 9.39. The Kier molecular flexibility index (Phi) is 14.7. The van der Waals surface area contributed by atoms with Gasteiger partial charge in [-0.2, -0.15) is 0 Å². The molecule has 0 aromatic rings. The van der Waals surface area contributed by atoms with E-state index in [-0.39, 0.29) is 0 Å². The molecule has 0 amide bonds. The van der Waals surface area contributed by atoms with Crippen molar-refractivity contribution in [3.05, 3.63) is 0 Å². The average Bonchev–Trinajstić information content (AvgIpc) is 2.10. The summed E-state index contributed by atoms with van der Waals surface area (Å²) in [7, 11) is 0. The third-order valence-corrected chi connectivity index (χ3v) is 4.20. The van der Waals surface area contributed by atoms with Crippen LogP contribution in [-0.2, 0) is 0 Å². The Morgan fingerprint density at radius 1 is 0.667 bits per heavy atom. The molecular formula is C11H23Rb. The van der Waals surface area contributed by atoms with Gasteiger partial charge in [-0.1, -0.05) is 0 Å². The van der Waals surface area contributed by atoms with Crippen molar-refractivity contribution >= 4 is 55.5 Å². The van der Waals surface area contributed by atoms with Gasteiger partial charge in [0, 0.05) is 0 Å². The van der Waals surface area contributed by atoms with Crippen molar-refractivity contribution in [1.29, 1.82) is 0 Å². The van der Waals surface area contributed by atoms with Crippen LogP contribution in [0.15, 0.2) is 0 Å². The average molecular weight is 241 g/mol. The number of rotatable bonds is 9. The van der Waals surface area contributed by atoms with E-state index >= 15 is 0 Å². The van der Waals surface area contributed by atoms with E-state index in [1.165, 1.54) is 57.8 Å². The van der Waals surface area contributed by atoms with Crippen LogP contribution in [0.4, 0.5) is 0 Å². The third kappa shape index (κ3) is 11.8. The quantitative estimate of drug-likeness (QED) is 0.533. The topological polar surface area (TPSA) is 0 Å². The summed E-state index contributed by atoms with van der Waals surface area (Å²) in [4.78, 5) is 0. The second kappa shape index (κ2) is 12.8. The van der Waals surface area contributed by atoms with Gasteiger partial charge in [-0.15, -0.1) is 0 Å². The maximum absolute atomic E-state index is 2.28. The van der Waals surface area contributed by atoms with E-state index in [0.717, 1.165) is 55.5 Å². The molecule has 0 fully saturated rings. The van der Waals surface area contributed by atoms with Gasteiger partial charge in [-0.3, -0.25) is 0 Å². The van der Waals surface area contributed by atoms with Crippen molar-refractivity contribution in [2.24, 2.45) is 0 Å². The summed E-state index contributed by atoms with van der Waals surface area (Å²) in [5.74, 6) is 0. The molecule has 0 aliphatic carbocycles. The van der Waals surface area contributed by atoms with Crippen LogP contribution in [0.25, 0.3) is 0 Å². The molecule has 0 aliphatic rings. The molecule has 0 saturated carbocycles. The molecule has 0 bridgehead atoms. The second-order valence-corrected chi connectivity index (χ2v) is 6.29. The Morgan fingerprint density at radius 2 is 1.08 bits per heavy atom. The Balaban J connectivity index is 2.73. The fourth-order valence-electron chi connectivity index (χ4n) is 1.56. The van der Waals surface area contributed by atoms with E-state index in [9.17, 15) is 0 Å². The molecule has 0 spiro atoms. The Morgan fingerprint density at radius 3 is 1.50 bits per heavy atom. The predicted octanol–water partition coefficient (Wildman–Crippen LogP) is 4.10. The van der Waals surface area contributed by atoms with E-state index in [2.05, 4.69) is 6.92 Å². The molecule has 0 N–H and O–H groups in total. The molecule has 1 heteroatoms. The van der Waals surface area contributed by atoms with Crippen molar-refractivity contribution < 1.29 is 0 Å². The SMILES string of the molecule is CCCCCCCCCC[CH2][Rb]. The summed E-state index contributed by atoms with van der Waals surface area (Å²) < 4.78 is 1.58. The summed E-state index contributed by atoms with van der Waals surface area (Å²) >= 11 is 0.964. The summed E-state index contributed by atoms with van der Waals surface area (Å²) in [6.07, 6.45) is 13.3. The van der Waals surface area contributed by atoms with Crippen LogP contribution in [0.3, 0.4) is 0 Å². The van der Waals surface area contributed by atoms with E-state index in [1.54, 1.807) is -0.511 Å². The molecule has 68 valence electrons. The van der Waals surface area contributed by atoms with Gasteiger partial charge < -0.3 is 0 Å². The van der Waals surface area contributed by atoms with Crippen molar-refractivity contribution in [2.45, 2.75) is 64.2 Å². The van der Waals surface area contributed by atoms with Crippen LogP contribution < -0.4 is 0 Å².